The van der Waals surface area contributed by atoms with E-state index in [9.17, 15) is 9.90 Å². The normalized spacial score (nSPS) is 10.2. The number of carbonyl (C=O) groups is 1. The lowest BCUT2D eigenvalue weighted by atomic mass is 10.2. The molecular weight excluding hydrogens is 158 g/mol. The molecular formula is C8H11NO3. The molecule has 1 rings (SSSR count). The number of aromatic carboxylic acids is 1. The minimum Gasteiger partial charge on any atom is -0.505 e. The van der Waals surface area contributed by atoms with E-state index in [1.54, 1.807) is 13.2 Å². The van der Waals surface area contributed by atoms with E-state index < -0.39 is 5.97 Å². The van der Waals surface area contributed by atoms with Gasteiger partial charge < -0.3 is 14.8 Å². The largest absolute Gasteiger partial charge is 0.505 e. The van der Waals surface area contributed by atoms with Gasteiger partial charge >= 0.3 is 5.97 Å². The third-order valence-corrected chi connectivity index (χ3v) is 1.81. The van der Waals surface area contributed by atoms with Gasteiger partial charge in [-0.3, -0.25) is 0 Å². The molecule has 0 bridgehead atoms. The molecule has 0 aliphatic carbocycles. The molecule has 12 heavy (non-hydrogen) atoms. The van der Waals surface area contributed by atoms with Crippen molar-refractivity contribution in [3.05, 3.63) is 17.5 Å². The van der Waals surface area contributed by atoms with Crippen LogP contribution in [0.3, 0.4) is 0 Å². The molecule has 0 amide bonds. The average molecular weight is 169 g/mol. The first-order chi connectivity index (χ1) is 5.57. The van der Waals surface area contributed by atoms with Gasteiger partial charge in [-0.25, -0.2) is 4.79 Å². The van der Waals surface area contributed by atoms with Gasteiger partial charge in [0.1, 0.15) is 0 Å². The van der Waals surface area contributed by atoms with Crippen LogP contribution in [0.25, 0.3) is 0 Å². The van der Waals surface area contributed by atoms with Crippen molar-refractivity contribution < 1.29 is 15.0 Å². The highest BCUT2D eigenvalue weighted by Gasteiger charge is 2.17. The molecule has 1 heterocycles. The standard InChI is InChI=1S/C8H11NO3/c1-3-5-4-9(2)6(7(5)10)8(11)12/h4,10H,3H2,1-2H3,(H,11,12). The Morgan fingerprint density at radius 2 is 2.25 bits per heavy atom. The van der Waals surface area contributed by atoms with Gasteiger partial charge in [-0.1, -0.05) is 6.92 Å². The number of nitrogens with zero attached hydrogens (tertiary/aromatic N) is 1. The molecule has 2 N–H and O–H groups in total. The molecule has 0 aromatic carbocycles. The Morgan fingerprint density at radius 3 is 2.50 bits per heavy atom. The van der Waals surface area contributed by atoms with E-state index in [1.807, 2.05) is 6.92 Å². The van der Waals surface area contributed by atoms with Crippen molar-refractivity contribution in [2.75, 3.05) is 0 Å². The number of carboxylic acids is 1. The van der Waals surface area contributed by atoms with Crippen LogP contribution in [-0.4, -0.2) is 20.7 Å². The number of aromatic nitrogens is 1. The van der Waals surface area contributed by atoms with Crippen LogP contribution in [0.5, 0.6) is 5.75 Å². The number of carboxylic acid groups (broad SMARTS) is 1. The predicted molar refractivity (Wildman–Crippen MR) is 43.4 cm³/mol. The third kappa shape index (κ3) is 1.15. The molecule has 1 aromatic rings. The fraction of sp³-hybridized carbons (Fsp3) is 0.375. The molecule has 0 aliphatic heterocycles. The zero-order chi connectivity index (χ0) is 9.30. The van der Waals surface area contributed by atoms with Crippen LogP contribution < -0.4 is 0 Å². The number of aromatic hydroxyl groups is 1. The number of aryl methyl sites for hydroxylation is 2. The summed E-state index contributed by atoms with van der Waals surface area (Å²) in [4.78, 5) is 10.6. The first kappa shape index (κ1) is 8.64. The zero-order valence-electron chi connectivity index (χ0n) is 7.03. The average Bonchev–Trinajstić information content (AvgIpc) is 2.25. The lowest BCUT2D eigenvalue weighted by molar-refractivity contribution is 0.0683. The van der Waals surface area contributed by atoms with Crippen molar-refractivity contribution in [3.8, 4) is 5.75 Å². The summed E-state index contributed by atoms with van der Waals surface area (Å²) >= 11 is 0. The maximum atomic E-state index is 10.6. The van der Waals surface area contributed by atoms with E-state index in [-0.39, 0.29) is 11.4 Å². The monoisotopic (exact) mass is 169 g/mol. The number of hydrogen-bond acceptors (Lipinski definition) is 2. The first-order valence-electron chi connectivity index (χ1n) is 3.68. The summed E-state index contributed by atoms with van der Waals surface area (Å²) in [5.74, 6) is -1.22. The van der Waals surface area contributed by atoms with Crippen LogP contribution in [0.2, 0.25) is 0 Å². The zero-order valence-corrected chi connectivity index (χ0v) is 7.03. The second-order valence-corrected chi connectivity index (χ2v) is 2.62. The van der Waals surface area contributed by atoms with Gasteiger partial charge in [0.15, 0.2) is 11.4 Å². The molecule has 4 heteroatoms. The maximum Gasteiger partial charge on any atom is 0.356 e. The van der Waals surface area contributed by atoms with Crippen molar-refractivity contribution in [1.29, 1.82) is 0 Å². The van der Waals surface area contributed by atoms with Crippen LogP contribution in [0.15, 0.2) is 6.20 Å². The minimum absolute atomic E-state index is 0.0492. The van der Waals surface area contributed by atoms with Crippen molar-refractivity contribution in [2.24, 2.45) is 7.05 Å². The first-order valence-corrected chi connectivity index (χ1v) is 3.68. The fourth-order valence-electron chi connectivity index (χ4n) is 1.19. The predicted octanol–water partition coefficient (Wildman–Crippen LogP) is 0.991. The van der Waals surface area contributed by atoms with E-state index in [1.165, 1.54) is 4.57 Å². The van der Waals surface area contributed by atoms with E-state index in [0.717, 1.165) is 0 Å². The fourth-order valence-corrected chi connectivity index (χ4v) is 1.19. The van der Waals surface area contributed by atoms with Crippen LogP contribution >= 0.6 is 0 Å². The van der Waals surface area contributed by atoms with Crippen molar-refractivity contribution in [3.63, 3.8) is 0 Å². The van der Waals surface area contributed by atoms with Crippen molar-refractivity contribution in [2.45, 2.75) is 13.3 Å². The van der Waals surface area contributed by atoms with Crippen LogP contribution in [0.4, 0.5) is 0 Å². The molecule has 0 spiro atoms. The molecule has 0 fully saturated rings. The number of hydrogen-bond donors (Lipinski definition) is 2. The van der Waals surface area contributed by atoms with Gasteiger partial charge in [0.05, 0.1) is 0 Å². The lowest BCUT2D eigenvalue weighted by Gasteiger charge is -1.95. The van der Waals surface area contributed by atoms with Crippen LogP contribution in [-0.2, 0) is 13.5 Å². The van der Waals surface area contributed by atoms with Gasteiger partial charge in [-0.15, -0.1) is 0 Å². The summed E-state index contributed by atoms with van der Waals surface area (Å²) in [6.45, 7) is 1.86. The summed E-state index contributed by atoms with van der Waals surface area (Å²) in [6, 6.07) is 0. The van der Waals surface area contributed by atoms with Crippen LogP contribution in [0, 0.1) is 0 Å². The van der Waals surface area contributed by atoms with Crippen molar-refractivity contribution >= 4 is 5.97 Å². The van der Waals surface area contributed by atoms with Gasteiger partial charge in [-0.2, -0.15) is 0 Å². The molecule has 66 valence electrons. The summed E-state index contributed by atoms with van der Waals surface area (Å²) in [5, 5.41) is 18.1. The Bertz CT molecular complexity index is 314. The highest BCUT2D eigenvalue weighted by molar-refractivity contribution is 5.89. The molecule has 0 aliphatic rings. The summed E-state index contributed by atoms with van der Waals surface area (Å²) < 4.78 is 1.41. The Morgan fingerprint density at radius 1 is 1.67 bits per heavy atom. The summed E-state index contributed by atoms with van der Waals surface area (Å²) in [5.41, 5.74) is 0.613. The SMILES string of the molecule is CCc1cn(C)c(C(=O)O)c1O. The maximum absolute atomic E-state index is 10.6. The van der Waals surface area contributed by atoms with Crippen molar-refractivity contribution in [1.82, 2.24) is 4.57 Å². The Labute approximate surface area is 70.1 Å². The number of rotatable bonds is 2. The van der Waals surface area contributed by atoms with Gasteiger partial charge in [0, 0.05) is 18.8 Å². The van der Waals surface area contributed by atoms with E-state index in [2.05, 4.69) is 0 Å². The molecule has 0 saturated carbocycles. The van der Waals surface area contributed by atoms with E-state index >= 15 is 0 Å². The molecule has 0 atom stereocenters. The third-order valence-electron chi connectivity index (χ3n) is 1.81. The second kappa shape index (κ2) is 2.89. The molecule has 1 aromatic heterocycles. The topological polar surface area (TPSA) is 62.5 Å². The summed E-state index contributed by atoms with van der Waals surface area (Å²) in [7, 11) is 1.60. The quantitative estimate of drug-likeness (QED) is 0.694. The summed E-state index contributed by atoms with van der Waals surface area (Å²) in [6.07, 6.45) is 2.26. The van der Waals surface area contributed by atoms with Crippen LogP contribution in [0.1, 0.15) is 23.0 Å². The van der Waals surface area contributed by atoms with E-state index in [4.69, 9.17) is 5.11 Å². The second-order valence-electron chi connectivity index (χ2n) is 2.62. The Hall–Kier alpha value is -1.45. The smallest absolute Gasteiger partial charge is 0.356 e. The molecule has 0 radical (unpaired) electrons. The lowest BCUT2D eigenvalue weighted by Crippen LogP contribution is -2.03. The van der Waals surface area contributed by atoms with Gasteiger partial charge in [0.2, 0.25) is 0 Å². The Kier molecular flexibility index (Phi) is 2.08. The molecule has 0 saturated heterocycles. The minimum atomic E-state index is -1.10. The molecule has 0 unspecified atom stereocenters. The highest BCUT2D eigenvalue weighted by Crippen LogP contribution is 2.24. The van der Waals surface area contributed by atoms with E-state index in [0.29, 0.717) is 12.0 Å². The van der Waals surface area contributed by atoms with Gasteiger partial charge in [-0.05, 0) is 6.42 Å². The molecule has 4 nitrogen and oxygen atoms in total. The van der Waals surface area contributed by atoms with Gasteiger partial charge in [0.25, 0.3) is 0 Å². The highest BCUT2D eigenvalue weighted by atomic mass is 16.4. The Balaban J connectivity index is 3.28.